The van der Waals surface area contributed by atoms with Gasteiger partial charge in [-0.2, -0.15) is 11.8 Å². The highest BCUT2D eigenvalue weighted by Gasteiger charge is 1.97. The highest BCUT2D eigenvalue weighted by molar-refractivity contribution is 7.98. The molecule has 1 N–H and O–H groups in total. The first-order valence-electron chi connectivity index (χ1n) is 5.18. The fourth-order valence-electron chi connectivity index (χ4n) is 1.32. The second kappa shape index (κ2) is 7.15. The van der Waals surface area contributed by atoms with Crippen molar-refractivity contribution in [3.05, 3.63) is 34.3 Å². The van der Waals surface area contributed by atoms with E-state index in [-0.39, 0.29) is 0 Å². The van der Waals surface area contributed by atoms with Crippen molar-refractivity contribution in [2.75, 3.05) is 18.6 Å². The summed E-state index contributed by atoms with van der Waals surface area (Å²) in [6.07, 6.45) is 3.36. The first-order valence-corrected chi connectivity index (χ1v) is 6.96. The van der Waals surface area contributed by atoms with Crippen LogP contribution >= 0.6 is 23.4 Å². The topological polar surface area (TPSA) is 12.0 Å². The number of rotatable bonds is 6. The lowest BCUT2D eigenvalue weighted by Crippen LogP contribution is -2.15. The Labute approximate surface area is 102 Å². The number of nitrogens with one attached hydrogen (secondary N) is 1. The van der Waals surface area contributed by atoms with Crippen LogP contribution in [0.2, 0.25) is 5.02 Å². The summed E-state index contributed by atoms with van der Waals surface area (Å²) < 4.78 is 0. The van der Waals surface area contributed by atoms with Crippen LogP contribution in [-0.2, 0) is 6.54 Å². The van der Waals surface area contributed by atoms with Gasteiger partial charge in [-0.15, -0.1) is 0 Å². The zero-order valence-corrected chi connectivity index (χ0v) is 10.9. The summed E-state index contributed by atoms with van der Waals surface area (Å²) in [5, 5.41) is 4.27. The van der Waals surface area contributed by atoms with Crippen LogP contribution in [0.25, 0.3) is 0 Å². The molecule has 1 rings (SSSR count). The third-order valence-corrected chi connectivity index (χ3v) is 3.37. The van der Waals surface area contributed by atoms with Crippen LogP contribution in [-0.4, -0.2) is 18.6 Å². The van der Waals surface area contributed by atoms with E-state index < -0.39 is 0 Å². The molecule has 0 unspecified atom stereocenters. The quantitative estimate of drug-likeness (QED) is 0.768. The van der Waals surface area contributed by atoms with Crippen LogP contribution in [0.15, 0.2) is 18.2 Å². The molecule has 0 aliphatic carbocycles. The molecule has 0 atom stereocenters. The Bertz CT molecular complexity index is 302. The van der Waals surface area contributed by atoms with Gasteiger partial charge in [0.1, 0.15) is 0 Å². The van der Waals surface area contributed by atoms with Crippen molar-refractivity contribution < 1.29 is 0 Å². The molecule has 3 heteroatoms. The van der Waals surface area contributed by atoms with Crippen molar-refractivity contribution in [2.24, 2.45) is 0 Å². The summed E-state index contributed by atoms with van der Waals surface area (Å²) in [4.78, 5) is 0. The molecule has 1 aromatic carbocycles. The number of thioether (sulfide) groups is 1. The zero-order valence-electron chi connectivity index (χ0n) is 9.35. The predicted octanol–water partition coefficient (Wildman–Crippen LogP) is 3.49. The van der Waals surface area contributed by atoms with Crippen LogP contribution in [0.3, 0.4) is 0 Å². The number of hydrogen-bond donors (Lipinski definition) is 1. The van der Waals surface area contributed by atoms with E-state index in [1.165, 1.54) is 17.7 Å². The van der Waals surface area contributed by atoms with E-state index in [0.29, 0.717) is 0 Å². The van der Waals surface area contributed by atoms with Gasteiger partial charge in [-0.3, -0.25) is 0 Å². The molecule has 0 aromatic heterocycles. The predicted molar refractivity (Wildman–Crippen MR) is 70.9 cm³/mol. The van der Waals surface area contributed by atoms with Gasteiger partial charge in [0, 0.05) is 11.6 Å². The minimum Gasteiger partial charge on any atom is -0.313 e. The van der Waals surface area contributed by atoms with Crippen molar-refractivity contribution in [2.45, 2.75) is 19.9 Å². The number of aryl methyl sites for hydroxylation is 1. The van der Waals surface area contributed by atoms with Gasteiger partial charge in [-0.1, -0.05) is 23.7 Å². The first-order chi connectivity index (χ1) is 7.24. The lowest BCUT2D eigenvalue weighted by atomic mass is 10.1. The molecular formula is C12H18ClNS. The van der Waals surface area contributed by atoms with E-state index >= 15 is 0 Å². The molecule has 0 spiro atoms. The maximum atomic E-state index is 6.05. The molecule has 0 aliphatic rings. The van der Waals surface area contributed by atoms with E-state index in [4.69, 9.17) is 11.6 Å². The number of halogens is 1. The number of benzene rings is 1. The normalized spacial score (nSPS) is 10.6. The van der Waals surface area contributed by atoms with Gasteiger partial charge in [-0.05, 0) is 49.1 Å². The second-order valence-electron chi connectivity index (χ2n) is 3.61. The summed E-state index contributed by atoms with van der Waals surface area (Å²) >= 11 is 7.94. The van der Waals surface area contributed by atoms with Gasteiger partial charge in [0.15, 0.2) is 0 Å². The monoisotopic (exact) mass is 243 g/mol. The molecule has 0 amide bonds. The fraction of sp³-hybridized carbons (Fsp3) is 0.500. The van der Waals surface area contributed by atoms with Crippen LogP contribution in [0.4, 0.5) is 0 Å². The number of hydrogen-bond acceptors (Lipinski definition) is 2. The molecule has 0 heterocycles. The third kappa shape index (κ3) is 4.92. The van der Waals surface area contributed by atoms with Crippen LogP contribution in [0.1, 0.15) is 17.5 Å². The van der Waals surface area contributed by atoms with E-state index in [0.717, 1.165) is 23.7 Å². The lowest BCUT2D eigenvalue weighted by molar-refractivity contribution is 0.679. The Kier molecular flexibility index (Phi) is 6.15. The van der Waals surface area contributed by atoms with Crippen molar-refractivity contribution in [3.8, 4) is 0 Å². The maximum absolute atomic E-state index is 6.05. The smallest absolute Gasteiger partial charge is 0.0438 e. The molecule has 0 saturated heterocycles. The summed E-state index contributed by atoms with van der Waals surface area (Å²) in [7, 11) is 0. The standard InChI is InChI=1S/C12H18ClNS/c1-10-4-5-11(8-12(10)13)9-14-6-3-7-15-2/h4-5,8,14H,3,6-7,9H2,1-2H3. The average molecular weight is 244 g/mol. The summed E-state index contributed by atoms with van der Waals surface area (Å²) in [5.41, 5.74) is 2.40. The molecule has 0 radical (unpaired) electrons. The Balaban J connectivity index is 2.28. The minimum atomic E-state index is 0.860. The van der Waals surface area contributed by atoms with Crippen molar-refractivity contribution in [3.63, 3.8) is 0 Å². The van der Waals surface area contributed by atoms with Crippen LogP contribution < -0.4 is 5.32 Å². The summed E-state index contributed by atoms with van der Waals surface area (Å²) in [5.74, 6) is 1.22. The zero-order chi connectivity index (χ0) is 11.1. The van der Waals surface area contributed by atoms with Crippen molar-refractivity contribution in [1.82, 2.24) is 5.32 Å². The van der Waals surface area contributed by atoms with Gasteiger partial charge >= 0.3 is 0 Å². The summed E-state index contributed by atoms with van der Waals surface area (Å²) in [6.45, 7) is 4.01. The van der Waals surface area contributed by atoms with Crippen LogP contribution in [0.5, 0.6) is 0 Å². The van der Waals surface area contributed by atoms with E-state index in [1.807, 2.05) is 24.8 Å². The first kappa shape index (κ1) is 12.9. The Morgan fingerprint density at radius 1 is 1.40 bits per heavy atom. The molecule has 15 heavy (non-hydrogen) atoms. The SMILES string of the molecule is CSCCCNCc1ccc(C)c(Cl)c1. The molecule has 0 fully saturated rings. The summed E-state index contributed by atoms with van der Waals surface area (Å²) in [6, 6.07) is 6.24. The lowest BCUT2D eigenvalue weighted by Gasteiger charge is -2.06. The highest BCUT2D eigenvalue weighted by atomic mass is 35.5. The molecule has 0 aliphatic heterocycles. The molecule has 0 saturated carbocycles. The minimum absolute atomic E-state index is 0.860. The molecule has 0 bridgehead atoms. The fourth-order valence-corrected chi connectivity index (χ4v) is 1.96. The highest BCUT2D eigenvalue weighted by Crippen LogP contribution is 2.16. The van der Waals surface area contributed by atoms with Gasteiger partial charge in [0.05, 0.1) is 0 Å². The Hall–Kier alpha value is -0.180. The van der Waals surface area contributed by atoms with E-state index in [2.05, 4.69) is 23.7 Å². The molecular weight excluding hydrogens is 226 g/mol. The second-order valence-corrected chi connectivity index (χ2v) is 5.00. The van der Waals surface area contributed by atoms with E-state index in [9.17, 15) is 0 Å². The molecule has 84 valence electrons. The molecule has 1 aromatic rings. The van der Waals surface area contributed by atoms with Gasteiger partial charge < -0.3 is 5.32 Å². The van der Waals surface area contributed by atoms with Gasteiger partial charge in [0.2, 0.25) is 0 Å². The van der Waals surface area contributed by atoms with Crippen molar-refractivity contribution in [1.29, 1.82) is 0 Å². The average Bonchev–Trinajstić information content (AvgIpc) is 2.23. The largest absolute Gasteiger partial charge is 0.313 e. The molecule has 1 nitrogen and oxygen atoms in total. The Morgan fingerprint density at radius 2 is 2.20 bits per heavy atom. The van der Waals surface area contributed by atoms with Crippen LogP contribution in [0, 0.1) is 6.92 Å². The maximum Gasteiger partial charge on any atom is 0.0438 e. The van der Waals surface area contributed by atoms with Gasteiger partial charge in [0.25, 0.3) is 0 Å². The third-order valence-electron chi connectivity index (χ3n) is 2.27. The van der Waals surface area contributed by atoms with Crippen molar-refractivity contribution >= 4 is 23.4 Å². The van der Waals surface area contributed by atoms with E-state index in [1.54, 1.807) is 0 Å². The van der Waals surface area contributed by atoms with Gasteiger partial charge in [-0.25, -0.2) is 0 Å². The Morgan fingerprint density at radius 3 is 2.87 bits per heavy atom.